The Bertz CT molecular complexity index is 1650. The summed E-state index contributed by atoms with van der Waals surface area (Å²) in [5, 5.41) is 7.91. The molecule has 4 aromatic rings. The Morgan fingerprint density at radius 2 is 1.90 bits per heavy atom. The summed E-state index contributed by atoms with van der Waals surface area (Å²) in [6.07, 6.45) is 3.40. The highest BCUT2D eigenvalue weighted by Crippen LogP contribution is 2.50. The van der Waals surface area contributed by atoms with Gasteiger partial charge in [0.1, 0.15) is 12.4 Å². The van der Waals surface area contributed by atoms with Crippen molar-refractivity contribution >= 4 is 29.4 Å². The van der Waals surface area contributed by atoms with Gasteiger partial charge < -0.3 is 14.8 Å². The minimum Gasteiger partial charge on any atom is -0.454 e. The van der Waals surface area contributed by atoms with Crippen LogP contribution < -0.4 is 19.7 Å². The van der Waals surface area contributed by atoms with E-state index in [9.17, 15) is 9.59 Å². The third kappa shape index (κ3) is 5.34. The molecule has 9 nitrogen and oxygen atoms in total. The maximum atomic E-state index is 13.9. The molecule has 0 radical (unpaired) electrons. The molecule has 2 amide bonds. The van der Waals surface area contributed by atoms with Crippen LogP contribution in [0.2, 0.25) is 0 Å². The molecular weight excluding hydrogens is 550 g/mol. The normalized spacial score (nSPS) is 16.2. The number of amides is 2. The molecule has 0 saturated carbocycles. The van der Waals surface area contributed by atoms with Gasteiger partial charge in [-0.15, -0.1) is 11.8 Å². The van der Waals surface area contributed by atoms with Crippen molar-refractivity contribution in [3.63, 3.8) is 0 Å². The van der Waals surface area contributed by atoms with Gasteiger partial charge in [-0.05, 0) is 47.9 Å². The highest BCUT2D eigenvalue weighted by molar-refractivity contribution is 8.00. The van der Waals surface area contributed by atoms with Gasteiger partial charge in [0.2, 0.25) is 18.6 Å². The third-order valence-electron chi connectivity index (χ3n) is 7.36. The fourth-order valence-corrected chi connectivity index (χ4v) is 6.47. The molecule has 0 aliphatic carbocycles. The predicted octanol–water partition coefficient (Wildman–Crippen LogP) is 5.09. The first-order valence-corrected chi connectivity index (χ1v) is 14.9. The van der Waals surface area contributed by atoms with Crippen LogP contribution in [0.5, 0.6) is 11.5 Å². The number of hydrogen-bond donors (Lipinski definition) is 1. The van der Waals surface area contributed by atoms with E-state index >= 15 is 0 Å². The molecule has 4 heterocycles. The van der Waals surface area contributed by atoms with Crippen LogP contribution >= 0.6 is 11.8 Å². The molecule has 2 aromatic heterocycles. The van der Waals surface area contributed by atoms with Crippen molar-refractivity contribution in [2.75, 3.05) is 24.0 Å². The first-order valence-electron chi connectivity index (χ1n) is 13.9. The van der Waals surface area contributed by atoms with E-state index < -0.39 is 0 Å². The average Bonchev–Trinajstić information content (AvgIpc) is 3.58. The van der Waals surface area contributed by atoms with Crippen LogP contribution in [-0.4, -0.2) is 45.7 Å². The molecule has 42 heavy (non-hydrogen) atoms. The van der Waals surface area contributed by atoms with Crippen molar-refractivity contribution in [3.8, 4) is 17.2 Å². The van der Waals surface area contributed by atoms with Gasteiger partial charge in [-0.3, -0.25) is 19.5 Å². The highest BCUT2D eigenvalue weighted by atomic mass is 32.2. The van der Waals surface area contributed by atoms with Crippen molar-refractivity contribution in [3.05, 3.63) is 94.9 Å². The molecule has 6 rings (SSSR count). The topological polar surface area (TPSA) is 98.6 Å². The number of anilines is 1. The van der Waals surface area contributed by atoms with Gasteiger partial charge in [-0.1, -0.05) is 51.1 Å². The van der Waals surface area contributed by atoms with Crippen LogP contribution in [0, 0.1) is 6.92 Å². The van der Waals surface area contributed by atoms with E-state index in [1.54, 1.807) is 17.3 Å². The summed E-state index contributed by atoms with van der Waals surface area (Å²) in [7, 11) is 0. The third-order valence-corrected chi connectivity index (χ3v) is 8.61. The number of aryl methyl sites for hydroxylation is 1. The number of hydrogen-bond acceptors (Lipinski definition) is 7. The summed E-state index contributed by atoms with van der Waals surface area (Å²) in [6, 6.07) is 17.6. The van der Waals surface area contributed by atoms with Crippen LogP contribution in [0.4, 0.5) is 5.82 Å². The van der Waals surface area contributed by atoms with Gasteiger partial charge in [0.15, 0.2) is 11.5 Å². The number of nitrogens with one attached hydrogen (secondary N) is 1. The Balaban J connectivity index is 1.49. The lowest BCUT2D eigenvalue weighted by Gasteiger charge is -2.25. The van der Waals surface area contributed by atoms with Crippen LogP contribution in [0.15, 0.2) is 67.0 Å². The van der Waals surface area contributed by atoms with Gasteiger partial charge in [0, 0.05) is 29.9 Å². The zero-order chi connectivity index (χ0) is 29.4. The van der Waals surface area contributed by atoms with E-state index in [-0.39, 0.29) is 41.6 Å². The fraction of sp³-hybridized carbons (Fsp3) is 0.312. The molecule has 0 spiro atoms. The van der Waals surface area contributed by atoms with Crippen molar-refractivity contribution in [2.24, 2.45) is 0 Å². The zero-order valence-electron chi connectivity index (χ0n) is 24.1. The molecule has 10 heteroatoms. The fourth-order valence-electron chi connectivity index (χ4n) is 5.28. The minimum atomic E-state index is -0.352. The van der Waals surface area contributed by atoms with E-state index in [0.29, 0.717) is 23.9 Å². The maximum Gasteiger partial charge on any atom is 0.240 e. The SMILES string of the molecule is Cc1ccccc1-n1nc(C(C)(C)C)c2c1N(CC(=O)NCc1cccnc1)C(=O)CSC2c1ccc2c(c1)OCO2. The molecular formula is C32H33N5O4S. The lowest BCUT2D eigenvalue weighted by atomic mass is 9.87. The highest BCUT2D eigenvalue weighted by Gasteiger charge is 2.40. The Hall–Kier alpha value is -4.31. The number of carbonyl (C=O) groups excluding carboxylic acids is 2. The summed E-state index contributed by atoms with van der Waals surface area (Å²) in [6.45, 7) is 8.75. The number of nitrogens with zero attached hydrogens (tertiary/aromatic N) is 4. The molecule has 0 saturated heterocycles. The number of carbonyl (C=O) groups is 2. The number of thioether (sulfide) groups is 1. The predicted molar refractivity (Wildman–Crippen MR) is 162 cm³/mol. The number of aromatic nitrogens is 3. The first kappa shape index (κ1) is 27.8. The Morgan fingerprint density at radius 3 is 2.67 bits per heavy atom. The second-order valence-electron chi connectivity index (χ2n) is 11.5. The second-order valence-corrected chi connectivity index (χ2v) is 12.5. The molecule has 216 valence electrons. The molecule has 1 atom stereocenters. The van der Waals surface area contributed by atoms with Crippen LogP contribution in [0.25, 0.3) is 5.69 Å². The summed E-state index contributed by atoms with van der Waals surface area (Å²) in [5.41, 5.74) is 5.16. The number of benzene rings is 2. The number of rotatable bonds is 6. The van der Waals surface area contributed by atoms with Crippen molar-refractivity contribution in [1.29, 1.82) is 0 Å². The van der Waals surface area contributed by atoms with Gasteiger partial charge >= 0.3 is 0 Å². The number of fused-ring (bicyclic) bond motifs is 2. The van der Waals surface area contributed by atoms with E-state index in [1.165, 1.54) is 11.8 Å². The smallest absolute Gasteiger partial charge is 0.240 e. The Kier molecular flexibility index (Phi) is 7.40. The molecule has 2 aromatic carbocycles. The van der Waals surface area contributed by atoms with E-state index in [4.69, 9.17) is 14.6 Å². The van der Waals surface area contributed by atoms with Gasteiger partial charge in [0.05, 0.1) is 22.4 Å². The largest absolute Gasteiger partial charge is 0.454 e. The standard InChI is InChI=1S/C32H33N5O4S/c1-20-8-5-6-10-23(20)37-31-28(30(35-37)32(2,3)4)29(22-11-12-24-25(14-22)41-19-40-24)42-18-27(39)36(31)17-26(38)34-16-21-9-7-13-33-15-21/h5-15,29H,16-19H2,1-4H3,(H,34,38). The lowest BCUT2D eigenvalue weighted by Crippen LogP contribution is -2.42. The van der Waals surface area contributed by atoms with Crippen LogP contribution in [0.1, 0.15) is 54.0 Å². The summed E-state index contributed by atoms with van der Waals surface area (Å²) >= 11 is 1.54. The Labute approximate surface area is 249 Å². The maximum absolute atomic E-state index is 13.9. The van der Waals surface area contributed by atoms with Crippen molar-refractivity contribution in [2.45, 2.75) is 44.9 Å². The van der Waals surface area contributed by atoms with E-state index in [1.807, 2.05) is 66.2 Å². The molecule has 2 aliphatic rings. The molecule has 1 N–H and O–H groups in total. The quantitative estimate of drug-likeness (QED) is 0.338. The van der Waals surface area contributed by atoms with Crippen molar-refractivity contribution < 1.29 is 19.1 Å². The average molecular weight is 584 g/mol. The van der Waals surface area contributed by atoms with E-state index in [2.05, 4.69) is 31.1 Å². The molecule has 0 bridgehead atoms. The second kappa shape index (κ2) is 11.2. The molecule has 1 unspecified atom stereocenters. The van der Waals surface area contributed by atoms with Crippen LogP contribution in [-0.2, 0) is 21.5 Å². The number of para-hydroxylation sites is 1. The van der Waals surface area contributed by atoms with Gasteiger partial charge in [-0.2, -0.15) is 5.10 Å². The summed E-state index contributed by atoms with van der Waals surface area (Å²) in [5.74, 6) is 1.77. The number of ether oxygens (including phenoxy) is 2. The Morgan fingerprint density at radius 1 is 1.10 bits per heavy atom. The number of pyridine rings is 1. The van der Waals surface area contributed by atoms with Crippen molar-refractivity contribution in [1.82, 2.24) is 20.1 Å². The minimum absolute atomic E-state index is 0.137. The van der Waals surface area contributed by atoms with E-state index in [0.717, 1.165) is 33.6 Å². The monoisotopic (exact) mass is 583 g/mol. The van der Waals surface area contributed by atoms with Crippen LogP contribution in [0.3, 0.4) is 0 Å². The van der Waals surface area contributed by atoms with Gasteiger partial charge in [0.25, 0.3) is 0 Å². The summed E-state index contributed by atoms with van der Waals surface area (Å²) < 4.78 is 13.1. The molecule has 2 aliphatic heterocycles. The zero-order valence-corrected chi connectivity index (χ0v) is 24.9. The first-order chi connectivity index (χ1) is 20.2. The lowest BCUT2D eigenvalue weighted by molar-refractivity contribution is -0.123. The molecule has 0 fully saturated rings. The van der Waals surface area contributed by atoms with Gasteiger partial charge in [-0.25, -0.2) is 4.68 Å². The summed E-state index contributed by atoms with van der Waals surface area (Å²) in [4.78, 5) is 33.0.